The van der Waals surface area contributed by atoms with Gasteiger partial charge in [-0.2, -0.15) is 0 Å². The molecule has 1 fully saturated rings. The lowest BCUT2D eigenvalue weighted by Crippen LogP contribution is -2.26. The van der Waals surface area contributed by atoms with Gasteiger partial charge < -0.3 is 9.47 Å². The van der Waals surface area contributed by atoms with E-state index < -0.39 is 0 Å². The van der Waals surface area contributed by atoms with Crippen LogP contribution in [0.2, 0.25) is 0 Å². The molecule has 0 N–H and O–H groups in total. The lowest BCUT2D eigenvalue weighted by molar-refractivity contribution is -0.0287. The van der Waals surface area contributed by atoms with E-state index in [1.54, 1.807) is 0 Å². The van der Waals surface area contributed by atoms with Crippen molar-refractivity contribution in [1.82, 2.24) is 0 Å². The van der Waals surface area contributed by atoms with E-state index in [-0.39, 0.29) is 0 Å². The Bertz CT molecular complexity index is 151. The highest BCUT2D eigenvalue weighted by atomic mass is 16.5. The average Bonchev–Trinajstić information content (AvgIpc) is 2.31. The number of unbranched alkanes of at least 4 members (excludes halogenated alkanes) is 3. The molecule has 0 aromatic heterocycles. The molecule has 0 atom stereocenters. The first-order chi connectivity index (χ1) is 7.86. The van der Waals surface area contributed by atoms with Gasteiger partial charge in [-0.15, -0.1) is 0 Å². The molecule has 16 heavy (non-hydrogen) atoms. The summed E-state index contributed by atoms with van der Waals surface area (Å²) < 4.78 is 11.5. The highest BCUT2D eigenvalue weighted by molar-refractivity contribution is 4.72. The summed E-state index contributed by atoms with van der Waals surface area (Å²) in [5.74, 6) is 0. The van der Waals surface area contributed by atoms with E-state index in [0.717, 1.165) is 13.2 Å². The second-order valence-electron chi connectivity index (χ2n) is 4.79. The average molecular weight is 228 g/mol. The van der Waals surface area contributed by atoms with Gasteiger partial charge in [0.1, 0.15) is 0 Å². The molecule has 0 amide bonds. The van der Waals surface area contributed by atoms with E-state index in [0.29, 0.717) is 12.2 Å². The van der Waals surface area contributed by atoms with Crippen molar-refractivity contribution < 1.29 is 9.47 Å². The van der Waals surface area contributed by atoms with E-state index >= 15 is 0 Å². The van der Waals surface area contributed by atoms with Gasteiger partial charge in [-0.25, -0.2) is 0 Å². The number of hydrogen-bond acceptors (Lipinski definition) is 2. The molecule has 1 saturated carbocycles. The number of hydrogen-bond donors (Lipinski definition) is 0. The first-order valence-electron chi connectivity index (χ1n) is 7.10. The summed E-state index contributed by atoms with van der Waals surface area (Å²) in [6.07, 6.45) is 11.0. The quantitative estimate of drug-likeness (QED) is 0.586. The van der Waals surface area contributed by atoms with Crippen molar-refractivity contribution in [1.29, 1.82) is 0 Å². The molecule has 0 aliphatic heterocycles. The molecule has 0 heterocycles. The zero-order valence-corrected chi connectivity index (χ0v) is 11.0. The van der Waals surface area contributed by atoms with Gasteiger partial charge >= 0.3 is 0 Å². The zero-order chi connectivity index (χ0) is 11.6. The first kappa shape index (κ1) is 14.0. The van der Waals surface area contributed by atoms with Crippen molar-refractivity contribution in [2.75, 3.05) is 13.2 Å². The van der Waals surface area contributed by atoms with Gasteiger partial charge in [0, 0.05) is 13.2 Å². The molecular weight excluding hydrogens is 200 g/mol. The van der Waals surface area contributed by atoms with Crippen molar-refractivity contribution >= 4 is 0 Å². The van der Waals surface area contributed by atoms with Crippen LogP contribution in [0.4, 0.5) is 0 Å². The van der Waals surface area contributed by atoms with Crippen LogP contribution in [0.3, 0.4) is 0 Å². The predicted octanol–water partition coefficient (Wildman–Crippen LogP) is 3.93. The van der Waals surface area contributed by atoms with Crippen LogP contribution < -0.4 is 0 Å². The molecule has 0 radical (unpaired) electrons. The highest BCUT2D eigenvalue weighted by Crippen LogP contribution is 2.23. The summed E-state index contributed by atoms with van der Waals surface area (Å²) >= 11 is 0. The van der Waals surface area contributed by atoms with E-state index in [9.17, 15) is 0 Å². The Morgan fingerprint density at radius 3 is 2.00 bits per heavy atom. The third-order valence-corrected chi connectivity index (χ3v) is 3.38. The van der Waals surface area contributed by atoms with Crippen LogP contribution in [0.25, 0.3) is 0 Å². The van der Waals surface area contributed by atoms with E-state index in [2.05, 4.69) is 13.8 Å². The van der Waals surface area contributed by atoms with Crippen LogP contribution in [0, 0.1) is 0 Å². The Morgan fingerprint density at radius 2 is 1.44 bits per heavy atom. The lowest BCUT2D eigenvalue weighted by Gasteiger charge is -2.28. The van der Waals surface area contributed by atoms with Crippen LogP contribution in [0.5, 0.6) is 0 Å². The molecule has 2 nitrogen and oxygen atoms in total. The number of rotatable bonds is 8. The van der Waals surface area contributed by atoms with E-state index in [1.807, 2.05) is 0 Å². The summed E-state index contributed by atoms with van der Waals surface area (Å²) in [5, 5.41) is 0. The Kier molecular flexibility index (Phi) is 7.87. The van der Waals surface area contributed by atoms with Crippen LogP contribution in [0.15, 0.2) is 0 Å². The van der Waals surface area contributed by atoms with Crippen molar-refractivity contribution in [3.05, 3.63) is 0 Å². The van der Waals surface area contributed by atoms with Gasteiger partial charge in [0.15, 0.2) is 0 Å². The lowest BCUT2D eigenvalue weighted by atomic mass is 9.95. The summed E-state index contributed by atoms with van der Waals surface area (Å²) in [7, 11) is 0. The zero-order valence-electron chi connectivity index (χ0n) is 11.0. The molecule has 0 spiro atoms. The Morgan fingerprint density at radius 1 is 0.812 bits per heavy atom. The van der Waals surface area contributed by atoms with E-state index in [1.165, 1.54) is 51.4 Å². The van der Waals surface area contributed by atoms with Gasteiger partial charge in [-0.05, 0) is 39.0 Å². The minimum absolute atomic E-state index is 0.505. The van der Waals surface area contributed by atoms with Crippen LogP contribution >= 0.6 is 0 Å². The standard InChI is InChI=1S/C14H28O2/c1-3-5-6-7-12-16-14-10-8-13(9-11-14)15-4-2/h13-14H,3-12H2,1-2H3. The monoisotopic (exact) mass is 228 g/mol. The van der Waals surface area contributed by atoms with Crippen LogP contribution in [0.1, 0.15) is 65.2 Å². The van der Waals surface area contributed by atoms with Gasteiger partial charge in [-0.3, -0.25) is 0 Å². The third-order valence-electron chi connectivity index (χ3n) is 3.38. The molecule has 0 saturated heterocycles. The summed E-state index contributed by atoms with van der Waals surface area (Å²) in [5.41, 5.74) is 0. The fourth-order valence-corrected chi connectivity index (χ4v) is 2.38. The van der Waals surface area contributed by atoms with Crippen LogP contribution in [-0.4, -0.2) is 25.4 Å². The minimum atomic E-state index is 0.505. The smallest absolute Gasteiger partial charge is 0.0577 e. The molecule has 2 heteroatoms. The molecule has 1 rings (SSSR count). The van der Waals surface area contributed by atoms with Gasteiger partial charge in [-0.1, -0.05) is 26.2 Å². The van der Waals surface area contributed by atoms with Crippen molar-refractivity contribution in [2.45, 2.75) is 77.4 Å². The molecule has 0 aromatic carbocycles. The molecule has 1 aliphatic carbocycles. The summed E-state index contributed by atoms with van der Waals surface area (Å²) in [6.45, 7) is 6.14. The maximum atomic E-state index is 5.90. The SMILES string of the molecule is CCCCCCOC1CCC(OCC)CC1. The van der Waals surface area contributed by atoms with Crippen LogP contribution in [-0.2, 0) is 9.47 Å². The second kappa shape index (κ2) is 9.00. The molecule has 0 aromatic rings. The minimum Gasteiger partial charge on any atom is -0.379 e. The predicted molar refractivity (Wildman–Crippen MR) is 67.8 cm³/mol. The van der Waals surface area contributed by atoms with Gasteiger partial charge in [0.05, 0.1) is 12.2 Å². The molecule has 1 aliphatic rings. The van der Waals surface area contributed by atoms with Crippen molar-refractivity contribution in [2.24, 2.45) is 0 Å². The molecule has 0 bridgehead atoms. The first-order valence-corrected chi connectivity index (χ1v) is 7.10. The van der Waals surface area contributed by atoms with Gasteiger partial charge in [0.25, 0.3) is 0 Å². The summed E-state index contributed by atoms with van der Waals surface area (Å²) in [6, 6.07) is 0. The Labute approximate surface area is 101 Å². The van der Waals surface area contributed by atoms with Crippen molar-refractivity contribution in [3.63, 3.8) is 0 Å². The molecular formula is C14H28O2. The number of ether oxygens (including phenoxy) is 2. The second-order valence-corrected chi connectivity index (χ2v) is 4.79. The van der Waals surface area contributed by atoms with Gasteiger partial charge in [0.2, 0.25) is 0 Å². The molecule has 96 valence electrons. The summed E-state index contributed by atoms with van der Waals surface area (Å²) in [4.78, 5) is 0. The largest absolute Gasteiger partial charge is 0.379 e. The maximum Gasteiger partial charge on any atom is 0.0577 e. The van der Waals surface area contributed by atoms with Crippen molar-refractivity contribution in [3.8, 4) is 0 Å². The highest BCUT2D eigenvalue weighted by Gasteiger charge is 2.21. The topological polar surface area (TPSA) is 18.5 Å². The fraction of sp³-hybridized carbons (Fsp3) is 1.00. The molecule has 0 unspecified atom stereocenters. The fourth-order valence-electron chi connectivity index (χ4n) is 2.38. The maximum absolute atomic E-state index is 5.90. The van der Waals surface area contributed by atoms with E-state index in [4.69, 9.17) is 9.47 Å². The Hall–Kier alpha value is -0.0800. The normalized spacial score (nSPS) is 25.9. The Balaban J connectivity index is 1.95. The third kappa shape index (κ3) is 5.86.